The number of hydrogen-bond donors (Lipinski definition) is 1. The summed E-state index contributed by atoms with van der Waals surface area (Å²) in [7, 11) is 2.50. The molecule has 1 N–H and O–H groups in total. The van der Waals surface area contributed by atoms with Crippen molar-refractivity contribution in [3.8, 4) is 0 Å². The molecule has 0 aliphatic carbocycles. The van der Waals surface area contributed by atoms with E-state index in [1.54, 1.807) is 0 Å². The summed E-state index contributed by atoms with van der Waals surface area (Å²) in [6.07, 6.45) is 1.44. The number of nitrogens with one attached hydrogen (secondary N) is 1. The third-order valence-corrected chi connectivity index (χ3v) is 4.66. The molecule has 152 valence electrons. The van der Waals surface area contributed by atoms with E-state index in [2.05, 4.69) is 5.32 Å². The summed E-state index contributed by atoms with van der Waals surface area (Å²) < 4.78 is 9.46. The van der Waals surface area contributed by atoms with E-state index >= 15 is 0 Å². The van der Waals surface area contributed by atoms with Crippen LogP contribution < -0.4 is 5.32 Å². The standard InChI is InChI=1S/C24H21NO5/c1-15(17-9-8-16-6-4-5-7-18(16)13-17)12-22(26)25-21-14-19(23(27)29-2)10-11-20(21)24(28)30-3/h4-14H,1-3H3,(H,25,26)/b15-12-. The van der Waals surface area contributed by atoms with E-state index in [4.69, 9.17) is 9.47 Å². The number of methoxy groups -OCH3 is 2. The Balaban J connectivity index is 1.89. The molecule has 3 rings (SSSR count). The van der Waals surface area contributed by atoms with Gasteiger partial charge in [-0.15, -0.1) is 0 Å². The van der Waals surface area contributed by atoms with Crippen molar-refractivity contribution >= 4 is 39.9 Å². The number of esters is 2. The summed E-state index contributed by atoms with van der Waals surface area (Å²) in [5.74, 6) is -1.64. The molecule has 0 radical (unpaired) electrons. The zero-order chi connectivity index (χ0) is 21.7. The summed E-state index contributed by atoms with van der Waals surface area (Å²) >= 11 is 0. The minimum absolute atomic E-state index is 0.135. The lowest BCUT2D eigenvalue weighted by Gasteiger charge is -2.11. The molecule has 0 saturated heterocycles. The number of hydrogen-bond acceptors (Lipinski definition) is 5. The highest BCUT2D eigenvalue weighted by Gasteiger charge is 2.17. The van der Waals surface area contributed by atoms with Gasteiger partial charge in [0.05, 0.1) is 31.0 Å². The summed E-state index contributed by atoms with van der Waals surface area (Å²) in [5.41, 5.74) is 2.16. The lowest BCUT2D eigenvalue weighted by atomic mass is 10.0. The number of carbonyl (C=O) groups excluding carboxylic acids is 3. The predicted molar refractivity (Wildman–Crippen MR) is 115 cm³/mol. The molecule has 0 saturated carbocycles. The Morgan fingerprint density at radius 1 is 0.800 bits per heavy atom. The van der Waals surface area contributed by atoms with Gasteiger partial charge in [0.25, 0.3) is 0 Å². The summed E-state index contributed by atoms with van der Waals surface area (Å²) in [5, 5.41) is 4.84. The summed E-state index contributed by atoms with van der Waals surface area (Å²) in [4.78, 5) is 36.5. The van der Waals surface area contributed by atoms with Crippen LogP contribution in [-0.2, 0) is 14.3 Å². The van der Waals surface area contributed by atoms with Crippen LogP contribution in [0.3, 0.4) is 0 Å². The number of rotatable bonds is 5. The minimum Gasteiger partial charge on any atom is -0.465 e. The number of carbonyl (C=O) groups is 3. The maximum absolute atomic E-state index is 12.6. The second-order valence-corrected chi connectivity index (χ2v) is 6.62. The predicted octanol–water partition coefficient (Wildman–Crippen LogP) is 4.46. The molecule has 0 unspecified atom stereocenters. The van der Waals surface area contributed by atoms with Crippen molar-refractivity contribution in [1.29, 1.82) is 0 Å². The highest BCUT2D eigenvalue weighted by Crippen LogP contribution is 2.23. The average molecular weight is 403 g/mol. The van der Waals surface area contributed by atoms with E-state index in [9.17, 15) is 14.4 Å². The topological polar surface area (TPSA) is 81.7 Å². The second kappa shape index (κ2) is 9.05. The monoisotopic (exact) mass is 403 g/mol. The number of amides is 1. The molecule has 30 heavy (non-hydrogen) atoms. The Bertz CT molecular complexity index is 1160. The van der Waals surface area contributed by atoms with Crippen LogP contribution in [0.25, 0.3) is 16.3 Å². The lowest BCUT2D eigenvalue weighted by Crippen LogP contribution is -2.15. The molecule has 0 heterocycles. The van der Waals surface area contributed by atoms with Crippen molar-refractivity contribution in [3.05, 3.63) is 83.4 Å². The van der Waals surface area contributed by atoms with E-state index in [1.165, 1.54) is 38.5 Å². The van der Waals surface area contributed by atoms with Gasteiger partial charge in [-0.25, -0.2) is 9.59 Å². The Hall–Kier alpha value is -3.93. The first kappa shape index (κ1) is 20.8. The van der Waals surface area contributed by atoms with Gasteiger partial charge in [-0.3, -0.25) is 4.79 Å². The number of fused-ring (bicyclic) bond motifs is 1. The summed E-state index contributed by atoms with van der Waals surface area (Å²) in [6.45, 7) is 1.83. The average Bonchev–Trinajstić information content (AvgIpc) is 2.77. The zero-order valence-electron chi connectivity index (χ0n) is 16.9. The van der Waals surface area contributed by atoms with Gasteiger partial charge in [-0.1, -0.05) is 36.4 Å². The van der Waals surface area contributed by atoms with Crippen LogP contribution in [0.4, 0.5) is 5.69 Å². The van der Waals surface area contributed by atoms with Gasteiger partial charge in [0.15, 0.2) is 0 Å². The molecule has 3 aromatic carbocycles. The van der Waals surface area contributed by atoms with Crippen molar-refractivity contribution in [3.63, 3.8) is 0 Å². The maximum atomic E-state index is 12.6. The number of anilines is 1. The van der Waals surface area contributed by atoms with E-state index in [1.807, 2.05) is 49.4 Å². The molecule has 0 aliphatic rings. The molecule has 1 amide bonds. The first-order valence-electron chi connectivity index (χ1n) is 9.22. The van der Waals surface area contributed by atoms with Crippen LogP contribution in [0.1, 0.15) is 33.2 Å². The van der Waals surface area contributed by atoms with Crippen LogP contribution in [-0.4, -0.2) is 32.1 Å². The van der Waals surface area contributed by atoms with Crippen molar-refractivity contribution < 1.29 is 23.9 Å². The van der Waals surface area contributed by atoms with Gasteiger partial charge < -0.3 is 14.8 Å². The Kier molecular flexibility index (Phi) is 6.27. The van der Waals surface area contributed by atoms with Crippen LogP contribution in [0.2, 0.25) is 0 Å². The number of ether oxygens (including phenoxy) is 2. The third-order valence-electron chi connectivity index (χ3n) is 4.66. The Morgan fingerprint density at radius 3 is 2.17 bits per heavy atom. The van der Waals surface area contributed by atoms with Crippen LogP contribution in [0.15, 0.2) is 66.7 Å². The summed E-state index contributed by atoms with van der Waals surface area (Å²) in [6, 6.07) is 18.1. The van der Waals surface area contributed by atoms with Crippen molar-refractivity contribution in [2.75, 3.05) is 19.5 Å². The first-order chi connectivity index (χ1) is 14.4. The van der Waals surface area contributed by atoms with Gasteiger partial charge in [-0.2, -0.15) is 0 Å². The highest BCUT2D eigenvalue weighted by atomic mass is 16.5. The molecule has 3 aromatic rings. The van der Waals surface area contributed by atoms with Gasteiger partial charge in [0, 0.05) is 6.08 Å². The van der Waals surface area contributed by atoms with E-state index in [-0.39, 0.29) is 16.8 Å². The molecule has 0 bridgehead atoms. The zero-order valence-corrected chi connectivity index (χ0v) is 16.9. The van der Waals surface area contributed by atoms with Gasteiger partial charge in [0.2, 0.25) is 5.91 Å². The van der Waals surface area contributed by atoms with Crippen LogP contribution >= 0.6 is 0 Å². The smallest absolute Gasteiger partial charge is 0.339 e. The number of benzene rings is 3. The van der Waals surface area contributed by atoms with Gasteiger partial charge in [-0.05, 0) is 53.1 Å². The SMILES string of the molecule is COC(=O)c1ccc(C(=O)OC)c(NC(=O)/C=C(/C)c2ccc3ccccc3c2)c1. The lowest BCUT2D eigenvalue weighted by molar-refractivity contribution is -0.111. The molecule has 0 fully saturated rings. The van der Waals surface area contributed by atoms with Crippen LogP contribution in [0.5, 0.6) is 0 Å². The fourth-order valence-electron chi connectivity index (χ4n) is 3.06. The number of allylic oxidation sites excluding steroid dienone is 1. The van der Waals surface area contributed by atoms with Crippen LogP contribution in [0, 0.1) is 0 Å². The fraction of sp³-hybridized carbons (Fsp3) is 0.125. The van der Waals surface area contributed by atoms with E-state index in [0.717, 1.165) is 21.9 Å². The van der Waals surface area contributed by atoms with E-state index in [0.29, 0.717) is 0 Å². The van der Waals surface area contributed by atoms with Gasteiger partial charge >= 0.3 is 11.9 Å². The van der Waals surface area contributed by atoms with E-state index < -0.39 is 17.8 Å². The molecule has 0 atom stereocenters. The molecule has 6 nitrogen and oxygen atoms in total. The van der Waals surface area contributed by atoms with Crippen molar-refractivity contribution in [2.45, 2.75) is 6.92 Å². The third kappa shape index (κ3) is 4.55. The quantitative estimate of drug-likeness (QED) is 0.503. The largest absolute Gasteiger partial charge is 0.465 e. The Labute approximate surface area is 174 Å². The normalized spacial score (nSPS) is 11.1. The minimum atomic E-state index is -0.628. The highest BCUT2D eigenvalue weighted by molar-refractivity contribution is 6.08. The fourth-order valence-corrected chi connectivity index (χ4v) is 3.06. The molecule has 0 aromatic heterocycles. The van der Waals surface area contributed by atoms with Crippen molar-refractivity contribution in [2.24, 2.45) is 0 Å². The van der Waals surface area contributed by atoms with Gasteiger partial charge in [0.1, 0.15) is 0 Å². The maximum Gasteiger partial charge on any atom is 0.339 e. The molecule has 0 spiro atoms. The molecule has 0 aliphatic heterocycles. The second-order valence-electron chi connectivity index (χ2n) is 6.62. The molecule has 6 heteroatoms. The first-order valence-corrected chi connectivity index (χ1v) is 9.22. The molecular formula is C24H21NO5. The molecular weight excluding hydrogens is 382 g/mol. The van der Waals surface area contributed by atoms with Crippen molar-refractivity contribution in [1.82, 2.24) is 0 Å². The Morgan fingerprint density at radius 2 is 1.47 bits per heavy atom.